The Bertz CT molecular complexity index is 727. The molecule has 3 rings (SSSR count). The highest BCUT2D eigenvalue weighted by Gasteiger charge is 2.30. The largest absolute Gasteiger partial charge is 0.496 e. The fourth-order valence-electron chi connectivity index (χ4n) is 4.00. The summed E-state index contributed by atoms with van der Waals surface area (Å²) in [4.78, 5) is 17.3. The first kappa shape index (κ1) is 19.4. The second-order valence-corrected chi connectivity index (χ2v) is 7.30. The molecule has 5 heteroatoms. The van der Waals surface area contributed by atoms with E-state index in [-0.39, 0.29) is 11.9 Å². The molecule has 1 aliphatic rings. The summed E-state index contributed by atoms with van der Waals surface area (Å²) < 4.78 is 5.37. The molecule has 0 bridgehead atoms. The zero-order valence-electron chi connectivity index (χ0n) is 15.9. The summed E-state index contributed by atoms with van der Waals surface area (Å²) in [7, 11) is 1.63. The molecule has 0 saturated heterocycles. The van der Waals surface area contributed by atoms with Crippen LogP contribution in [0.5, 0.6) is 5.75 Å². The summed E-state index contributed by atoms with van der Waals surface area (Å²) in [6, 6.07) is 13.5. The third-order valence-electron chi connectivity index (χ3n) is 5.56. The minimum Gasteiger partial charge on any atom is -0.496 e. The topological polar surface area (TPSA) is 77.2 Å². The fourth-order valence-corrected chi connectivity index (χ4v) is 4.00. The molecule has 1 heterocycles. The van der Waals surface area contributed by atoms with Crippen molar-refractivity contribution in [2.45, 2.75) is 38.1 Å². The summed E-state index contributed by atoms with van der Waals surface area (Å²) >= 11 is 0. The van der Waals surface area contributed by atoms with Crippen LogP contribution in [0.1, 0.15) is 43.0 Å². The van der Waals surface area contributed by atoms with Crippen molar-refractivity contribution in [3.8, 4) is 5.75 Å². The Morgan fingerprint density at radius 2 is 1.93 bits per heavy atom. The third kappa shape index (κ3) is 5.07. The molecule has 1 aromatic heterocycles. The van der Waals surface area contributed by atoms with E-state index in [1.807, 2.05) is 42.5 Å². The average Bonchev–Trinajstić information content (AvgIpc) is 2.73. The number of nitrogens with two attached hydrogens (primary N) is 1. The highest BCUT2D eigenvalue weighted by atomic mass is 16.5. The smallest absolute Gasteiger partial charge is 0.225 e. The number of hydrogen-bond donors (Lipinski definition) is 2. The van der Waals surface area contributed by atoms with Gasteiger partial charge in [-0.3, -0.25) is 9.78 Å². The van der Waals surface area contributed by atoms with Gasteiger partial charge in [-0.2, -0.15) is 0 Å². The number of benzene rings is 1. The van der Waals surface area contributed by atoms with Gasteiger partial charge in [-0.05, 0) is 62.3 Å². The molecule has 2 aromatic rings. The van der Waals surface area contributed by atoms with Gasteiger partial charge in [0.15, 0.2) is 0 Å². The normalized spacial score (nSPS) is 20.7. The standard InChI is InChI=1S/C22H29N3O2/c1-27-20-8-3-2-6-18(20)14-21(26)25-22(19-7-4-5-13-24-19)17-11-9-16(15-23)10-12-17/h2-8,13,16-17,22H,9-12,14-15,23H2,1H3,(H,25,26). The van der Waals surface area contributed by atoms with Crippen molar-refractivity contribution in [1.29, 1.82) is 0 Å². The Hall–Kier alpha value is -2.40. The number of pyridine rings is 1. The van der Waals surface area contributed by atoms with Crippen molar-refractivity contribution in [1.82, 2.24) is 10.3 Å². The van der Waals surface area contributed by atoms with Crippen LogP contribution in [0.4, 0.5) is 0 Å². The number of ether oxygens (including phenoxy) is 1. The maximum absolute atomic E-state index is 12.8. The first-order chi connectivity index (χ1) is 13.2. The van der Waals surface area contributed by atoms with Gasteiger partial charge in [0.2, 0.25) is 5.91 Å². The molecule has 0 aliphatic heterocycles. The van der Waals surface area contributed by atoms with Gasteiger partial charge in [0.25, 0.3) is 0 Å². The molecule has 1 amide bonds. The molecule has 1 fully saturated rings. The molecule has 1 aromatic carbocycles. The Morgan fingerprint density at radius 3 is 2.59 bits per heavy atom. The number of carbonyl (C=O) groups is 1. The van der Waals surface area contributed by atoms with Crippen molar-refractivity contribution < 1.29 is 9.53 Å². The molecule has 1 saturated carbocycles. The predicted molar refractivity (Wildman–Crippen MR) is 106 cm³/mol. The molecule has 5 nitrogen and oxygen atoms in total. The molecule has 27 heavy (non-hydrogen) atoms. The Kier molecular flexibility index (Phi) is 6.82. The molecule has 1 aliphatic carbocycles. The number of rotatable bonds is 7. The molecule has 144 valence electrons. The van der Waals surface area contributed by atoms with E-state index in [2.05, 4.69) is 10.3 Å². The van der Waals surface area contributed by atoms with Crippen LogP contribution >= 0.6 is 0 Å². The summed E-state index contributed by atoms with van der Waals surface area (Å²) in [6.07, 6.45) is 6.46. The van der Waals surface area contributed by atoms with Crippen LogP contribution in [0.3, 0.4) is 0 Å². The molecular formula is C22H29N3O2. The van der Waals surface area contributed by atoms with Crippen LogP contribution in [-0.4, -0.2) is 24.5 Å². The number of aromatic nitrogens is 1. The molecule has 3 N–H and O–H groups in total. The van der Waals surface area contributed by atoms with Crippen LogP contribution in [-0.2, 0) is 11.2 Å². The third-order valence-corrected chi connectivity index (χ3v) is 5.56. The molecule has 1 unspecified atom stereocenters. The second kappa shape index (κ2) is 9.51. The van der Waals surface area contributed by atoms with Crippen LogP contribution in [0.15, 0.2) is 48.7 Å². The van der Waals surface area contributed by atoms with Crippen LogP contribution < -0.4 is 15.8 Å². The van der Waals surface area contributed by atoms with E-state index >= 15 is 0 Å². The number of hydrogen-bond acceptors (Lipinski definition) is 4. The van der Waals surface area contributed by atoms with Crippen molar-refractivity contribution in [3.05, 3.63) is 59.9 Å². The number of amides is 1. The SMILES string of the molecule is COc1ccccc1CC(=O)NC(c1ccccn1)C1CCC(CN)CC1. The molecule has 0 radical (unpaired) electrons. The Morgan fingerprint density at radius 1 is 1.19 bits per heavy atom. The van der Waals surface area contributed by atoms with Crippen LogP contribution in [0.25, 0.3) is 0 Å². The van der Waals surface area contributed by atoms with Crippen LogP contribution in [0, 0.1) is 11.8 Å². The maximum atomic E-state index is 12.8. The highest BCUT2D eigenvalue weighted by Crippen LogP contribution is 2.36. The lowest BCUT2D eigenvalue weighted by atomic mass is 9.77. The van der Waals surface area contributed by atoms with Gasteiger partial charge in [-0.15, -0.1) is 0 Å². The number of para-hydroxylation sites is 1. The summed E-state index contributed by atoms with van der Waals surface area (Å²) in [5.41, 5.74) is 7.66. The van der Waals surface area contributed by atoms with E-state index in [0.717, 1.165) is 49.2 Å². The van der Waals surface area contributed by atoms with Crippen molar-refractivity contribution in [2.75, 3.05) is 13.7 Å². The van der Waals surface area contributed by atoms with Gasteiger partial charge in [-0.25, -0.2) is 0 Å². The Balaban J connectivity index is 1.72. The van der Waals surface area contributed by atoms with Crippen molar-refractivity contribution >= 4 is 5.91 Å². The lowest BCUT2D eigenvalue weighted by Crippen LogP contribution is -2.37. The minimum atomic E-state index is -0.0628. The van der Waals surface area contributed by atoms with E-state index in [1.165, 1.54) is 0 Å². The van der Waals surface area contributed by atoms with Gasteiger partial charge in [0.05, 0.1) is 25.3 Å². The number of methoxy groups -OCH3 is 1. The number of nitrogens with zero attached hydrogens (tertiary/aromatic N) is 1. The lowest BCUT2D eigenvalue weighted by Gasteiger charge is -2.33. The van der Waals surface area contributed by atoms with Gasteiger partial charge in [0.1, 0.15) is 5.75 Å². The van der Waals surface area contributed by atoms with Gasteiger partial charge < -0.3 is 15.8 Å². The zero-order valence-corrected chi connectivity index (χ0v) is 15.9. The van der Waals surface area contributed by atoms with E-state index < -0.39 is 0 Å². The monoisotopic (exact) mass is 367 g/mol. The Labute approximate surface area is 161 Å². The highest BCUT2D eigenvalue weighted by molar-refractivity contribution is 5.79. The average molecular weight is 367 g/mol. The van der Waals surface area contributed by atoms with E-state index in [9.17, 15) is 4.79 Å². The summed E-state index contributed by atoms with van der Waals surface area (Å²) in [5.74, 6) is 1.74. The maximum Gasteiger partial charge on any atom is 0.225 e. The molecular weight excluding hydrogens is 338 g/mol. The van der Waals surface area contributed by atoms with Gasteiger partial charge >= 0.3 is 0 Å². The summed E-state index contributed by atoms with van der Waals surface area (Å²) in [6.45, 7) is 0.751. The number of nitrogens with one attached hydrogen (secondary N) is 1. The van der Waals surface area contributed by atoms with Gasteiger partial charge in [-0.1, -0.05) is 24.3 Å². The lowest BCUT2D eigenvalue weighted by molar-refractivity contribution is -0.121. The molecule has 1 atom stereocenters. The van der Waals surface area contributed by atoms with Crippen LogP contribution in [0.2, 0.25) is 0 Å². The predicted octanol–water partition coefficient (Wildman–Crippen LogP) is 3.26. The molecule has 0 spiro atoms. The summed E-state index contributed by atoms with van der Waals surface area (Å²) in [5, 5.41) is 3.25. The minimum absolute atomic E-state index is 0.00361. The first-order valence-electron chi connectivity index (χ1n) is 9.73. The van der Waals surface area contributed by atoms with E-state index in [1.54, 1.807) is 13.3 Å². The fraction of sp³-hybridized carbons (Fsp3) is 0.455. The van der Waals surface area contributed by atoms with Crippen molar-refractivity contribution in [3.63, 3.8) is 0 Å². The van der Waals surface area contributed by atoms with Crippen molar-refractivity contribution in [2.24, 2.45) is 17.6 Å². The first-order valence-corrected chi connectivity index (χ1v) is 9.73. The number of carbonyl (C=O) groups excluding carboxylic acids is 1. The quantitative estimate of drug-likeness (QED) is 0.787. The zero-order chi connectivity index (χ0) is 19.1. The second-order valence-electron chi connectivity index (χ2n) is 7.30. The van der Waals surface area contributed by atoms with Gasteiger partial charge in [0, 0.05) is 11.8 Å². The van der Waals surface area contributed by atoms with E-state index in [0.29, 0.717) is 18.3 Å². The van der Waals surface area contributed by atoms with E-state index in [4.69, 9.17) is 10.5 Å².